The summed E-state index contributed by atoms with van der Waals surface area (Å²) >= 11 is 0. The Morgan fingerprint density at radius 2 is 1.50 bits per heavy atom. The summed E-state index contributed by atoms with van der Waals surface area (Å²) in [6.45, 7) is 7.94. The maximum Gasteiger partial charge on any atom is 0.408 e. The Bertz CT molecular complexity index is 599. The Morgan fingerprint density at radius 1 is 0.964 bits per heavy atom. The molecule has 1 fully saturated rings. The van der Waals surface area contributed by atoms with Crippen molar-refractivity contribution in [2.45, 2.75) is 77.8 Å². The van der Waals surface area contributed by atoms with E-state index in [-0.39, 0.29) is 6.61 Å². The number of aliphatic hydroxyl groups is 1. The summed E-state index contributed by atoms with van der Waals surface area (Å²) in [6.07, 6.45) is -6.28. The molecule has 11 nitrogen and oxygen atoms in total. The Morgan fingerprint density at radius 3 is 1.96 bits per heavy atom. The molecule has 0 radical (unpaired) electrons. The lowest BCUT2D eigenvalue weighted by Crippen LogP contribution is -2.66. The highest BCUT2D eigenvalue weighted by molar-refractivity contribution is 5.70. The molecule has 1 aliphatic rings. The molecular weight excluding hydrogens is 378 g/mol. The van der Waals surface area contributed by atoms with Crippen LogP contribution in [0.25, 0.3) is 0 Å². The molecule has 2 N–H and O–H groups in total. The van der Waals surface area contributed by atoms with Gasteiger partial charge in [-0.3, -0.25) is 14.4 Å². The van der Waals surface area contributed by atoms with Crippen LogP contribution in [0.3, 0.4) is 0 Å². The number of hydrogen-bond donors (Lipinski definition) is 2. The number of rotatable bonds is 5. The second-order valence-corrected chi connectivity index (χ2v) is 7.19. The highest BCUT2D eigenvalue weighted by atomic mass is 16.7. The van der Waals surface area contributed by atoms with Gasteiger partial charge in [0, 0.05) is 20.8 Å². The van der Waals surface area contributed by atoms with Crippen LogP contribution < -0.4 is 5.32 Å². The van der Waals surface area contributed by atoms with Gasteiger partial charge in [0.2, 0.25) is 0 Å². The third-order valence-electron chi connectivity index (χ3n) is 3.40. The minimum absolute atomic E-state index is 0.374. The fourth-order valence-electron chi connectivity index (χ4n) is 2.52. The van der Waals surface area contributed by atoms with E-state index in [0.717, 1.165) is 20.8 Å². The van der Waals surface area contributed by atoms with Gasteiger partial charge in [0.15, 0.2) is 18.5 Å². The van der Waals surface area contributed by atoms with E-state index in [0.29, 0.717) is 0 Å². The number of carbonyl (C=O) groups is 4. The summed E-state index contributed by atoms with van der Waals surface area (Å²) in [5.74, 6) is -2.11. The molecule has 0 spiro atoms. The van der Waals surface area contributed by atoms with E-state index in [9.17, 15) is 24.3 Å². The first-order valence-electron chi connectivity index (χ1n) is 8.61. The first-order valence-corrected chi connectivity index (χ1v) is 8.61. The van der Waals surface area contributed by atoms with Crippen LogP contribution in [0.4, 0.5) is 4.79 Å². The van der Waals surface area contributed by atoms with Gasteiger partial charge in [-0.2, -0.15) is 0 Å². The minimum atomic E-state index is -1.66. The van der Waals surface area contributed by atoms with E-state index < -0.39 is 60.2 Å². The molecule has 2 unspecified atom stereocenters. The van der Waals surface area contributed by atoms with Crippen LogP contribution in [-0.2, 0) is 38.1 Å². The number of carbonyl (C=O) groups excluding carboxylic acids is 4. The number of aliphatic hydroxyl groups excluding tert-OH is 1. The third-order valence-corrected chi connectivity index (χ3v) is 3.40. The number of esters is 3. The molecule has 1 amide bonds. The van der Waals surface area contributed by atoms with E-state index in [1.165, 1.54) is 0 Å². The highest BCUT2D eigenvalue weighted by Crippen LogP contribution is 2.26. The van der Waals surface area contributed by atoms with Gasteiger partial charge in [-0.25, -0.2) is 4.79 Å². The number of alkyl carbamates (subject to hydrolysis) is 1. The van der Waals surface area contributed by atoms with Crippen LogP contribution in [0.1, 0.15) is 41.5 Å². The van der Waals surface area contributed by atoms with Crippen LogP contribution >= 0.6 is 0 Å². The first-order chi connectivity index (χ1) is 12.8. The van der Waals surface area contributed by atoms with Gasteiger partial charge < -0.3 is 34.1 Å². The Balaban J connectivity index is 3.12. The van der Waals surface area contributed by atoms with Crippen LogP contribution in [0.2, 0.25) is 0 Å². The van der Waals surface area contributed by atoms with E-state index in [1.54, 1.807) is 20.8 Å². The normalized spacial score (nSPS) is 27.3. The van der Waals surface area contributed by atoms with Crippen LogP contribution in [0.15, 0.2) is 0 Å². The predicted molar refractivity (Wildman–Crippen MR) is 91.8 cm³/mol. The zero-order valence-electron chi connectivity index (χ0n) is 16.7. The average Bonchev–Trinajstić information content (AvgIpc) is 2.49. The molecule has 0 aromatic rings. The standard InChI is InChI=1S/C17H27NO10/c1-8(19)24-7-11-13(25-9(2)20)14(26-10(3)21)12(15(22)27-11)18-16(23)28-17(4,5)6/h11-15,22H,7H2,1-6H3,(H,18,23)/t11?,12?,13-,14-,15-/m1/s1. The predicted octanol–water partition coefficient (Wildman–Crippen LogP) is 0.0234. The average molecular weight is 405 g/mol. The van der Waals surface area contributed by atoms with Crippen molar-refractivity contribution in [2.75, 3.05) is 6.61 Å². The van der Waals surface area contributed by atoms with Gasteiger partial charge in [-0.1, -0.05) is 0 Å². The largest absolute Gasteiger partial charge is 0.463 e. The summed E-state index contributed by atoms with van der Waals surface area (Å²) in [5, 5.41) is 12.7. The van der Waals surface area contributed by atoms with Crippen molar-refractivity contribution in [3.63, 3.8) is 0 Å². The van der Waals surface area contributed by atoms with Crippen molar-refractivity contribution in [1.29, 1.82) is 0 Å². The van der Waals surface area contributed by atoms with Crippen LogP contribution in [0, 0.1) is 0 Å². The smallest absolute Gasteiger partial charge is 0.408 e. The van der Waals surface area contributed by atoms with Gasteiger partial charge in [0.05, 0.1) is 0 Å². The lowest BCUT2D eigenvalue weighted by molar-refractivity contribution is -0.264. The van der Waals surface area contributed by atoms with Crippen LogP contribution in [-0.4, -0.2) is 72.0 Å². The van der Waals surface area contributed by atoms with Crippen molar-refractivity contribution < 1.29 is 48.0 Å². The molecule has 0 aliphatic carbocycles. The van der Waals surface area contributed by atoms with Crippen molar-refractivity contribution in [3.8, 4) is 0 Å². The monoisotopic (exact) mass is 405 g/mol. The second kappa shape index (κ2) is 9.69. The second-order valence-electron chi connectivity index (χ2n) is 7.19. The maximum atomic E-state index is 12.1. The van der Waals surface area contributed by atoms with Crippen molar-refractivity contribution in [3.05, 3.63) is 0 Å². The Labute approximate surface area is 162 Å². The molecule has 1 heterocycles. The van der Waals surface area contributed by atoms with E-state index in [1.807, 2.05) is 0 Å². The molecule has 0 aromatic heterocycles. The van der Waals surface area contributed by atoms with E-state index in [2.05, 4.69) is 5.32 Å². The molecule has 11 heteroatoms. The van der Waals surface area contributed by atoms with Crippen molar-refractivity contribution in [1.82, 2.24) is 5.32 Å². The number of hydrogen-bond acceptors (Lipinski definition) is 10. The Hall–Kier alpha value is -2.40. The van der Waals surface area contributed by atoms with Gasteiger partial charge >= 0.3 is 24.0 Å². The van der Waals surface area contributed by atoms with Gasteiger partial charge in [0.1, 0.15) is 24.4 Å². The summed E-state index contributed by atoms with van der Waals surface area (Å²) in [4.78, 5) is 46.3. The molecular formula is C17H27NO10. The topological polar surface area (TPSA) is 147 Å². The molecule has 1 rings (SSSR count). The molecule has 1 aliphatic heterocycles. The number of nitrogens with one attached hydrogen (secondary N) is 1. The summed E-state index contributed by atoms with van der Waals surface area (Å²) in [5.41, 5.74) is -0.825. The lowest BCUT2D eigenvalue weighted by atomic mass is 9.96. The molecule has 1 saturated heterocycles. The minimum Gasteiger partial charge on any atom is -0.463 e. The zero-order valence-corrected chi connectivity index (χ0v) is 16.7. The molecule has 0 saturated carbocycles. The molecule has 160 valence electrons. The quantitative estimate of drug-likeness (QED) is 0.474. The zero-order chi connectivity index (χ0) is 21.6. The molecule has 28 heavy (non-hydrogen) atoms. The number of ether oxygens (including phenoxy) is 5. The van der Waals surface area contributed by atoms with Crippen molar-refractivity contribution >= 4 is 24.0 Å². The molecule has 0 aromatic carbocycles. The molecule has 0 bridgehead atoms. The lowest BCUT2D eigenvalue weighted by Gasteiger charge is -2.43. The van der Waals surface area contributed by atoms with E-state index in [4.69, 9.17) is 23.7 Å². The third kappa shape index (κ3) is 7.69. The van der Waals surface area contributed by atoms with Gasteiger partial charge in [0.25, 0.3) is 0 Å². The van der Waals surface area contributed by atoms with Crippen LogP contribution in [0.5, 0.6) is 0 Å². The highest BCUT2D eigenvalue weighted by Gasteiger charge is 2.50. The first kappa shape index (κ1) is 23.6. The SMILES string of the molecule is CC(=O)OCC1O[C@@H](O)C(NC(=O)OC(C)(C)C)[C@@H](OC(C)=O)[C@@H]1OC(C)=O. The number of amides is 1. The summed E-state index contributed by atoms with van der Waals surface area (Å²) in [6, 6.07) is -1.31. The van der Waals surface area contributed by atoms with Gasteiger partial charge in [-0.15, -0.1) is 0 Å². The maximum absolute atomic E-state index is 12.1. The summed E-state index contributed by atoms with van der Waals surface area (Å²) < 4.78 is 25.7. The molecule has 5 atom stereocenters. The van der Waals surface area contributed by atoms with E-state index >= 15 is 0 Å². The summed E-state index contributed by atoms with van der Waals surface area (Å²) in [7, 11) is 0. The Kier molecular flexibility index (Phi) is 8.18. The fraction of sp³-hybridized carbons (Fsp3) is 0.765. The van der Waals surface area contributed by atoms with Crippen molar-refractivity contribution in [2.24, 2.45) is 0 Å². The fourth-order valence-corrected chi connectivity index (χ4v) is 2.52. The van der Waals surface area contributed by atoms with Gasteiger partial charge in [-0.05, 0) is 20.8 Å².